The minimum absolute atomic E-state index is 0.0179. The van der Waals surface area contributed by atoms with Gasteiger partial charge in [0.2, 0.25) is 11.8 Å². The summed E-state index contributed by atoms with van der Waals surface area (Å²) in [6.07, 6.45) is 0.886. The Bertz CT molecular complexity index is 680. The standard InChI is InChI=1S/C20H32N4O4/c1-13(2)11-16(21-6)18(25)22-17(19(26)23-20(3,4)5)12-14-7-9-15(10-8-14)24(27)28/h7-10,13,16-17,21H,11-12H2,1-6H3,(H,22,25)(H,23,26)/t16-,17-/m0/s1. The molecule has 2 amide bonds. The van der Waals surface area contributed by atoms with Crippen molar-refractivity contribution in [3.8, 4) is 0 Å². The minimum atomic E-state index is -0.781. The van der Waals surface area contributed by atoms with E-state index in [2.05, 4.69) is 16.0 Å². The van der Waals surface area contributed by atoms with Crippen LogP contribution >= 0.6 is 0 Å². The summed E-state index contributed by atoms with van der Waals surface area (Å²) in [6, 6.07) is 4.81. The quantitative estimate of drug-likeness (QED) is 0.440. The fourth-order valence-electron chi connectivity index (χ4n) is 2.76. The van der Waals surface area contributed by atoms with Gasteiger partial charge >= 0.3 is 0 Å². The van der Waals surface area contributed by atoms with Gasteiger partial charge in [-0.1, -0.05) is 26.0 Å². The number of benzene rings is 1. The van der Waals surface area contributed by atoms with Gasteiger partial charge in [0.25, 0.3) is 5.69 Å². The van der Waals surface area contributed by atoms with Crippen molar-refractivity contribution in [1.29, 1.82) is 0 Å². The molecule has 0 aliphatic heterocycles. The summed E-state index contributed by atoms with van der Waals surface area (Å²) in [7, 11) is 1.72. The molecule has 0 aromatic heterocycles. The van der Waals surface area contributed by atoms with E-state index in [0.717, 1.165) is 5.56 Å². The Kier molecular flexibility index (Phi) is 8.56. The number of nitrogens with one attached hydrogen (secondary N) is 3. The van der Waals surface area contributed by atoms with Crippen LogP contribution in [0.5, 0.6) is 0 Å². The molecule has 0 radical (unpaired) electrons. The molecule has 8 nitrogen and oxygen atoms in total. The maximum Gasteiger partial charge on any atom is 0.269 e. The summed E-state index contributed by atoms with van der Waals surface area (Å²) in [6.45, 7) is 9.65. The first-order valence-corrected chi connectivity index (χ1v) is 9.46. The molecule has 0 saturated carbocycles. The second-order valence-electron chi connectivity index (χ2n) is 8.40. The number of carbonyl (C=O) groups excluding carboxylic acids is 2. The van der Waals surface area contributed by atoms with Gasteiger partial charge in [0.15, 0.2) is 0 Å². The lowest BCUT2D eigenvalue weighted by molar-refractivity contribution is -0.384. The Labute approximate surface area is 166 Å². The monoisotopic (exact) mass is 392 g/mol. The Morgan fingerprint density at radius 2 is 1.64 bits per heavy atom. The highest BCUT2D eigenvalue weighted by molar-refractivity contribution is 5.90. The molecule has 3 N–H and O–H groups in total. The second-order valence-corrected chi connectivity index (χ2v) is 8.40. The van der Waals surface area contributed by atoms with Crippen molar-refractivity contribution in [1.82, 2.24) is 16.0 Å². The molecule has 1 rings (SSSR count). The number of nitrogens with zero attached hydrogens (tertiary/aromatic N) is 1. The van der Waals surface area contributed by atoms with Crippen molar-refractivity contribution < 1.29 is 14.5 Å². The highest BCUT2D eigenvalue weighted by Crippen LogP contribution is 2.14. The predicted molar refractivity (Wildman–Crippen MR) is 109 cm³/mol. The van der Waals surface area contributed by atoms with E-state index in [9.17, 15) is 19.7 Å². The summed E-state index contributed by atoms with van der Waals surface area (Å²) >= 11 is 0. The Morgan fingerprint density at radius 1 is 1.07 bits per heavy atom. The molecule has 0 aliphatic rings. The van der Waals surface area contributed by atoms with Gasteiger partial charge in [0.05, 0.1) is 11.0 Å². The molecule has 28 heavy (non-hydrogen) atoms. The second kappa shape index (κ2) is 10.2. The van der Waals surface area contributed by atoms with Crippen LogP contribution in [0.3, 0.4) is 0 Å². The van der Waals surface area contributed by atoms with Crippen molar-refractivity contribution in [2.45, 2.75) is 65.1 Å². The Balaban J connectivity index is 2.99. The van der Waals surface area contributed by atoms with Crippen LogP contribution in [0.25, 0.3) is 0 Å². The number of carbonyl (C=O) groups is 2. The third-order valence-corrected chi connectivity index (χ3v) is 4.09. The van der Waals surface area contributed by atoms with E-state index >= 15 is 0 Å². The van der Waals surface area contributed by atoms with E-state index in [1.165, 1.54) is 12.1 Å². The van der Waals surface area contributed by atoms with Gasteiger partial charge in [-0.3, -0.25) is 19.7 Å². The highest BCUT2D eigenvalue weighted by Gasteiger charge is 2.27. The van der Waals surface area contributed by atoms with E-state index in [0.29, 0.717) is 12.3 Å². The van der Waals surface area contributed by atoms with Crippen molar-refractivity contribution in [2.24, 2.45) is 5.92 Å². The third kappa shape index (κ3) is 8.04. The predicted octanol–water partition coefficient (Wildman–Crippen LogP) is 2.17. The number of nitro benzene ring substituents is 1. The number of likely N-dealkylation sites (N-methyl/N-ethyl adjacent to an activating group) is 1. The van der Waals surface area contributed by atoms with E-state index in [1.807, 2.05) is 34.6 Å². The summed E-state index contributed by atoms with van der Waals surface area (Å²) in [4.78, 5) is 35.8. The van der Waals surface area contributed by atoms with E-state index < -0.39 is 22.5 Å². The van der Waals surface area contributed by atoms with E-state index in [4.69, 9.17) is 0 Å². The molecule has 0 unspecified atom stereocenters. The molecule has 0 aliphatic carbocycles. The van der Waals surface area contributed by atoms with Gasteiger partial charge in [-0.25, -0.2) is 0 Å². The summed E-state index contributed by atoms with van der Waals surface area (Å²) in [5.41, 5.74) is 0.260. The molecule has 0 bridgehead atoms. The Morgan fingerprint density at radius 3 is 2.07 bits per heavy atom. The van der Waals surface area contributed by atoms with Crippen molar-refractivity contribution in [3.63, 3.8) is 0 Å². The molecule has 1 aromatic carbocycles. The van der Waals surface area contributed by atoms with Crippen LogP contribution in [0.2, 0.25) is 0 Å². The van der Waals surface area contributed by atoms with Crippen LogP contribution < -0.4 is 16.0 Å². The summed E-state index contributed by atoms with van der Waals surface area (Å²) in [5, 5.41) is 19.5. The first-order chi connectivity index (χ1) is 12.9. The average Bonchev–Trinajstić information content (AvgIpc) is 2.57. The third-order valence-electron chi connectivity index (χ3n) is 4.09. The molecule has 0 heterocycles. The van der Waals surface area contributed by atoms with Gasteiger partial charge in [-0.15, -0.1) is 0 Å². The normalized spacial score (nSPS) is 13.7. The molecule has 0 fully saturated rings. The smallest absolute Gasteiger partial charge is 0.269 e. The van der Waals surface area contributed by atoms with Gasteiger partial charge in [-0.2, -0.15) is 0 Å². The maximum absolute atomic E-state index is 12.8. The lowest BCUT2D eigenvalue weighted by Crippen LogP contribution is -2.56. The lowest BCUT2D eigenvalue weighted by atomic mass is 10.00. The zero-order valence-electron chi connectivity index (χ0n) is 17.5. The first-order valence-electron chi connectivity index (χ1n) is 9.46. The van der Waals surface area contributed by atoms with Crippen LogP contribution in [-0.4, -0.2) is 41.4 Å². The fourth-order valence-corrected chi connectivity index (χ4v) is 2.76. The molecule has 0 spiro atoms. The zero-order valence-corrected chi connectivity index (χ0v) is 17.5. The molecule has 156 valence electrons. The summed E-state index contributed by atoms with van der Waals surface area (Å²) in [5.74, 6) is -0.217. The number of nitro groups is 1. The molecular formula is C20H32N4O4. The van der Waals surface area contributed by atoms with Gasteiger partial charge in [-0.05, 0) is 45.7 Å². The topological polar surface area (TPSA) is 113 Å². The van der Waals surface area contributed by atoms with Gasteiger partial charge in [0.1, 0.15) is 6.04 Å². The number of rotatable bonds is 9. The van der Waals surface area contributed by atoms with E-state index in [-0.39, 0.29) is 23.9 Å². The molecule has 1 aromatic rings. The number of hydrogen-bond acceptors (Lipinski definition) is 5. The molecule has 2 atom stereocenters. The maximum atomic E-state index is 12.8. The summed E-state index contributed by atoms with van der Waals surface area (Å²) < 4.78 is 0. The van der Waals surface area contributed by atoms with Crippen LogP contribution in [0.15, 0.2) is 24.3 Å². The minimum Gasteiger partial charge on any atom is -0.350 e. The fraction of sp³-hybridized carbons (Fsp3) is 0.600. The number of hydrogen-bond donors (Lipinski definition) is 3. The largest absolute Gasteiger partial charge is 0.350 e. The van der Waals surface area contributed by atoms with Crippen molar-refractivity contribution in [2.75, 3.05) is 7.05 Å². The van der Waals surface area contributed by atoms with E-state index in [1.54, 1.807) is 19.2 Å². The average molecular weight is 393 g/mol. The Hall–Kier alpha value is -2.48. The van der Waals surface area contributed by atoms with Crippen molar-refractivity contribution >= 4 is 17.5 Å². The van der Waals surface area contributed by atoms with Crippen LogP contribution in [-0.2, 0) is 16.0 Å². The molecular weight excluding hydrogens is 360 g/mol. The SMILES string of the molecule is CN[C@@H](CC(C)C)C(=O)N[C@@H](Cc1ccc([N+](=O)[O-])cc1)C(=O)NC(C)(C)C. The first kappa shape index (κ1) is 23.6. The van der Waals surface area contributed by atoms with Crippen molar-refractivity contribution in [3.05, 3.63) is 39.9 Å². The van der Waals surface area contributed by atoms with Gasteiger partial charge < -0.3 is 16.0 Å². The molecule has 0 saturated heterocycles. The van der Waals surface area contributed by atoms with Crippen LogP contribution in [0.4, 0.5) is 5.69 Å². The molecule has 8 heteroatoms. The zero-order chi connectivity index (χ0) is 21.5. The van der Waals surface area contributed by atoms with Crippen LogP contribution in [0.1, 0.15) is 46.6 Å². The highest BCUT2D eigenvalue weighted by atomic mass is 16.6. The number of amides is 2. The van der Waals surface area contributed by atoms with Crippen LogP contribution in [0, 0.1) is 16.0 Å². The lowest BCUT2D eigenvalue weighted by Gasteiger charge is -2.27. The number of non-ortho nitro benzene ring substituents is 1. The van der Waals surface area contributed by atoms with Gasteiger partial charge in [0, 0.05) is 24.1 Å².